The van der Waals surface area contributed by atoms with Gasteiger partial charge in [0.15, 0.2) is 5.78 Å². The Kier molecular flexibility index (Phi) is 3.15. The molecular formula is C13H21NO3. The molecule has 1 saturated heterocycles. The number of Topliss-reactive ketones (excluding diaryl/α,β-unsaturated/α-hetero) is 1. The average Bonchev–Trinajstić information content (AvgIpc) is 2.96. The highest BCUT2D eigenvalue weighted by atomic mass is 16.6. The van der Waals surface area contributed by atoms with Gasteiger partial charge in [-0.2, -0.15) is 0 Å². The number of ether oxygens (including phenoxy) is 1. The molecule has 4 heteroatoms. The fourth-order valence-corrected chi connectivity index (χ4v) is 2.33. The van der Waals surface area contributed by atoms with Crippen LogP contribution < -0.4 is 0 Å². The van der Waals surface area contributed by atoms with E-state index < -0.39 is 5.60 Å². The van der Waals surface area contributed by atoms with Crippen molar-refractivity contribution >= 4 is 11.9 Å². The SMILES string of the molecule is CC(C)(C)OC(=O)N1CC(=O)CC(C2CC2)C1. The third-order valence-electron chi connectivity index (χ3n) is 3.25. The number of ketones is 1. The number of likely N-dealkylation sites (tertiary alicyclic amines) is 1. The third kappa shape index (κ3) is 3.45. The first-order chi connectivity index (χ1) is 7.85. The van der Waals surface area contributed by atoms with Crippen LogP contribution in [-0.2, 0) is 9.53 Å². The summed E-state index contributed by atoms with van der Waals surface area (Å²) in [6.45, 7) is 6.43. The van der Waals surface area contributed by atoms with Gasteiger partial charge in [0.05, 0.1) is 6.54 Å². The van der Waals surface area contributed by atoms with Crippen LogP contribution in [0, 0.1) is 11.8 Å². The smallest absolute Gasteiger partial charge is 0.410 e. The van der Waals surface area contributed by atoms with E-state index in [0.717, 1.165) is 0 Å². The van der Waals surface area contributed by atoms with Gasteiger partial charge in [-0.05, 0) is 45.4 Å². The minimum Gasteiger partial charge on any atom is -0.444 e. The van der Waals surface area contributed by atoms with Gasteiger partial charge in [-0.1, -0.05) is 0 Å². The first-order valence-corrected chi connectivity index (χ1v) is 6.35. The summed E-state index contributed by atoms with van der Waals surface area (Å²) < 4.78 is 5.31. The van der Waals surface area contributed by atoms with Crippen LogP contribution in [0.5, 0.6) is 0 Å². The van der Waals surface area contributed by atoms with Crippen LogP contribution in [-0.4, -0.2) is 35.5 Å². The Balaban J connectivity index is 1.95. The van der Waals surface area contributed by atoms with Crippen molar-refractivity contribution in [1.82, 2.24) is 4.90 Å². The molecule has 2 fully saturated rings. The monoisotopic (exact) mass is 239 g/mol. The molecule has 0 N–H and O–H groups in total. The highest BCUT2D eigenvalue weighted by Crippen LogP contribution is 2.40. The Hall–Kier alpha value is -1.06. The summed E-state index contributed by atoms with van der Waals surface area (Å²) >= 11 is 0. The van der Waals surface area contributed by atoms with E-state index in [0.29, 0.717) is 24.8 Å². The summed E-state index contributed by atoms with van der Waals surface area (Å²) in [5.74, 6) is 1.19. The molecule has 96 valence electrons. The summed E-state index contributed by atoms with van der Waals surface area (Å²) in [5.41, 5.74) is -0.493. The van der Waals surface area contributed by atoms with Gasteiger partial charge >= 0.3 is 6.09 Å². The van der Waals surface area contributed by atoms with Crippen LogP contribution in [0.15, 0.2) is 0 Å². The summed E-state index contributed by atoms with van der Waals surface area (Å²) in [5, 5.41) is 0. The highest BCUT2D eigenvalue weighted by molar-refractivity contribution is 5.85. The van der Waals surface area contributed by atoms with Crippen molar-refractivity contribution in [3.63, 3.8) is 0 Å². The van der Waals surface area contributed by atoms with Gasteiger partial charge in [-0.25, -0.2) is 4.79 Å². The van der Waals surface area contributed by atoms with Gasteiger partial charge in [-0.3, -0.25) is 4.79 Å². The number of nitrogens with zero attached hydrogens (tertiary/aromatic N) is 1. The topological polar surface area (TPSA) is 46.6 Å². The van der Waals surface area contributed by atoms with E-state index in [4.69, 9.17) is 4.74 Å². The zero-order chi connectivity index (χ0) is 12.6. The minimum atomic E-state index is -0.493. The molecule has 1 atom stereocenters. The Labute approximate surface area is 102 Å². The molecule has 1 saturated carbocycles. The van der Waals surface area contributed by atoms with Gasteiger partial charge in [0.2, 0.25) is 0 Å². The van der Waals surface area contributed by atoms with Gasteiger partial charge in [0, 0.05) is 13.0 Å². The van der Waals surface area contributed by atoms with Crippen molar-refractivity contribution in [2.75, 3.05) is 13.1 Å². The lowest BCUT2D eigenvalue weighted by Gasteiger charge is -2.33. The molecule has 0 bridgehead atoms. The van der Waals surface area contributed by atoms with Crippen molar-refractivity contribution in [1.29, 1.82) is 0 Å². The second-order valence-corrected chi connectivity index (χ2v) is 6.20. The Bertz CT molecular complexity index is 328. The lowest BCUT2D eigenvalue weighted by atomic mass is 9.93. The number of carbonyl (C=O) groups is 2. The van der Waals surface area contributed by atoms with Crippen LogP contribution in [0.3, 0.4) is 0 Å². The van der Waals surface area contributed by atoms with Gasteiger partial charge < -0.3 is 9.64 Å². The van der Waals surface area contributed by atoms with E-state index in [2.05, 4.69) is 0 Å². The lowest BCUT2D eigenvalue weighted by Crippen LogP contribution is -2.46. The molecular weight excluding hydrogens is 218 g/mol. The van der Waals surface area contributed by atoms with E-state index in [1.807, 2.05) is 20.8 Å². The van der Waals surface area contributed by atoms with E-state index in [1.165, 1.54) is 12.8 Å². The Morgan fingerprint density at radius 1 is 1.29 bits per heavy atom. The van der Waals surface area contributed by atoms with Crippen LogP contribution in [0.4, 0.5) is 4.79 Å². The fraction of sp³-hybridized carbons (Fsp3) is 0.846. The second-order valence-electron chi connectivity index (χ2n) is 6.20. The Morgan fingerprint density at radius 3 is 2.47 bits per heavy atom. The summed E-state index contributed by atoms with van der Waals surface area (Å²) in [4.78, 5) is 25.1. The fourth-order valence-electron chi connectivity index (χ4n) is 2.33. The zero-order valence-electron chi connectivity index (χ0n) is 10.9. The standard InChI is InChI=1S/C13H21NO3/c1-13(2,3)17-12(16)14-7-10(9-4-5-9)6-11(15)8-14/h9-10H,4-8H2,1-3H3. The number of hydrogen-bond donors (Lipinski definition) is 0. The summed E-state index contributed by atoms with van der Waals surface area (Å²) in [6.07, 6.45) is 2.71. The predicted molar refractivity (Wildman–Crippen MR) is 63.6 cm³/mol. The van der Waals surface area contributed by atoms with Crippen LogP contribution in [0.25, 0.3) is 0 Å². The molecule has 0 aromatic heterocycles. The summed E-state index contributed by atoms with van der Waals surface area (Å²) in [7, 11) is 0. The van der Waals surface area contributed by atoms with Crippen LogP contribution in [0.2, 0.25) is 0 Å². The highest BCUT2D eigenvalue weighted by Gasteiger charge is 2.39. The second kappa shape index (κ2) is 4.31. The van der Waals surface area contributed by atoms with E-state index >= 15 is 0 Å². The van der Waals surface area contributed by atoms with Crippen molar-refractivity contribution in [2.24, 2.45) is 11.8 Å². The first-order valence-electron chi connectivity index (χ1n) is 6.35. The molecule has 17 heavy (non-hydrogen) atoms. The molecule has 0 spiro atoms. The molecule has 2 aliphatic rings. The van der Waals surface area contributed by atoms with Gasteiger partial charge in [-0.15, -0.1) is 0 Å². The predicted octanol–water partition coefficient (Wildman–Crippen LogP) is 2.22. The van der Waals surface area contributed by atoms with E-state index in [-0.39, 0.29) is 18.4 Å². The quantitative estimate of drug-likeness (QED) is 0.705. The van der Waals surface area contributed by atoms with E-state index in [9.17, 15) is 9.59 Å². The van der Waals surface area contributed by atoms with Crippen molar-refractivity contribution in [3.8, 4) is 0 Å². The maximum atomic E-state index is 11.9. The minimum absolute atomic E-state index is 0.166. The van der Waals surface area contributed by atoms with Crippen molar-refractivity contribution in [2.45, 2.75) is 45.6 Å². The molecule has 2 rings (SSSR count). The molecule has 1 unspecified atom stereocenters. The first kappa shape index (κ1) is 12.4. The average molecular weight is 239 g/mol. The molecule has 1 aliphatic heterocycles. The van der Waals surface area contributed by atoms with Crippen LogP contribution >= 0.6 is 0 Å². The number of piperidine rings is 1. The zero-order valence-corrected chi connectivity index (χ0v) is 10.9. The summed E-state index contributed by atoms with van der Waals surface area (Å²) in [6, 6.07) is 0. The molecule has 1 aliphatic carbocycles. The number of amides is 1. The Morgan fingerprint density at radius 2 is 1.94 bits per heavy atom. The number of carbonyl (C=O) groups excluding carboxylic acids is 2. The lowest BCUT2D eigenvalue weighted by molar-refractivity contribution is -0.124. The van der Waals surface area contributed by atoms with E-state index in [1.54, 1.807) is 4.90 Å². The molecule has 0 aromatic carbocycles. The third-order valence-corrected chi connectivity index (χ3v) is 3.25. The molecule has 1 amide bonds. The molecule has 1 heterocycles. The molecule has 0 aromatic rings. The normalized spacial score (nSPS) is 25.9. The molecule has 0 radical (unpaired) electrons. The van der Waals surface area contributed by atoms with Crippen molar-refractivity contribution < 1.29 is 14.3 Å². The van der Waals surface area contributed by atoms with Crippen molar-refractivity contribution in [3.05, 3.63) is 0 Å². The maximum absolute atomic E-state index is 11.9. The maximum Gasteiger partial charge on any atom is 0.410 e. The molecule has 4 nitrogen and oxygen atoms in total. The van der Waals surface area contributed by atoms with Gasteiger partial charge in [0.25, 0.3) is 0 Å². The number of hydrogen-bond acceptors (Lipinski definition) is 3. The number of rotatable bonds is 1. The largest absolute Gasteiger partial charge is 0.444 e. The van der Waals surface area contributed by atoms with Gasteiger partial charge in [0.1, 0.15) is 5.60 Å². The van der Waals surface area contributed by atoms with Crippen LogP contribution in [0.1, 0.15) is 40.0 Å².